The quantitative estimate of drug-likeness (QED) is 0.535. The lowest BCUT2D eigenvalue weighted by atomic mass is 10.1. The minimum atomic E-state index is -0.426. The van der Waals surface area contributed by atoms with Gasteiger partial charge in [-0.3, -0.25) is 10.1 Å². The lowest BCUT2D eigenvalue weighted by molar-refractivity contribution is -0.384. The van der Waals surface area contributed by atoms with Crippen LogP contribution in [0.2, 0.25) is 0 Å². The molecule has 1 heterocycles. The van der Waals surface area contributed by atoms with Gasteiger partial charge in [-0.05, 0) is 29.8 Å². The Hall–Kier alpha value is -3.04. The van der Waals surface area contributed by atoms with E-state index in [0.717, 1.165) is 15.3 Å². The maximum Gasteiger partial charge on any atom is 0.271 e. The molecule has 2 aromatic carbocycles. The molecule has 106 valence electrons. The van der Waals surface area contributed by atoms with Crippen LogP contribution in [0.3, 0.4) is 0 Å². The van der Waals surface area contributed by atoms with Crippen LogP contribution < -0.4 is 0 Å². The molecule has 0 saturated carbocycles. The summed E-state index contributed by atoms with van der Waals surface area (Å²) in [5.41, 5.74) is 2.24. The first kappa shape index (κ1) is 13.9. The van der Waals surface area contributed by atoms with Crippen LogP contribution in [0, 0.1) is 21.4 Å². The zero-order valence-electron chi connectivity index (χ0n) is 11.3. The van der Waals surface area contributed by atoms with E-state index in [1.807, 2.05) is 24.3 Å². The van der Waals surface area contributed by atoms with Gasteiger partial charge in [-0.15, -0.1) is 11.3 Å². The summed E-state index contributed by atoms with van der Waals surface area (Å²) in [6.45, 7) is 0. The van der Waals surface area contributed by atoms with E-state index in [9.17, 15) is 10.1 Å². The Balaban J connectivity index is 1.88. The van der Waals surface area contributed by atoms with E-state index in [1.54, 1.807) is 18.2 Å². The lowest BCUT2D eigenvalue weighted by Crippen LogP contribution is -1.86. The molecule has 0 fully saturated rings. The molecule has 0 bridgehead atoms. The fourth-order valence-corrected chi connectivity index (χ4v) is 2.81. The molecule has 0 saturated heterocycles. The molecule has 0 amide bonds. The van der Waals surface area contributed by atoms with Gasteiger partial charge < -0.3 is 0 Å². The molecule has 0 aliphatic rings. The second-order valence-electron chi connectivity index (χ2n) is 4.53. The highest BCUT2D eigenvalue weighted by Gasteiger charge is 2.09. The van der Waals surface area contributed by atoms with Crippen LogP contribution >= 0.6 is 11.3 Å². The van der Waals surface area contributed by atoms with E-state index >= 15 is 0 Å². The number of non-ortho nitro benzene ring substituents is 1. The topological polar surface area (TPSA) is 79.8 Å². The Kier molecular flexibility index (Phi) is 3.64. The maximum absolute atomic E-state index is 10.8. The number of nitriles is 1. The van der Waals surface area contributed by atoms with Crippen LogP contribution in [0.1, 0.15) is 16.1 Å². The molecule has 3 rings (SSSR count). The zero-order chi connectivity index (χ0) is 15.5. The summed E-state index contributed by atoms with van der Waals surface area (Å²) in [6, 6.07) is 14.0. The number of hydrogen-bond donors (Lipinski definition) is 0. The van der Waals surface area contributed by atoms with Gasteiger partial charge in [-0.1, -0.05) is 18.2 Å². The molecular formula is C16H9N3O2S. The molecule has 0 N–H and O–H groups in total. The van der Waals surface area contributed by atoms with E-state index < -0.39 is 4.92 Å². The van der Waals surface area contributed by atoms with Crippen LogP contribution in [0.4, 0.5) is 5.69 Å². The van der Waals surface area contributed by atoms with Crippen LogP contribution in [-0.2, 0) is 0 Å². The fourth-order valence-electron chi connectivity index (χ4n) is 1.95. The first-order valence-electron chi connectivity index (χ1n) is 6.39. The molecule has 0 radical (unpaired) electrons. The van der Waals surface area contributed by atoms with Gasteiger partial charge >= 0.3 is 0 Å². The number of fused-ring (bicyclic) bond motifs is 1. The Morgan fingerprint density at radius 3 is 2.64 bits per heavy atom. The van der Waals surface area contributed by atoms with Crippen LogP contribution in [-0.4, -0.2) is 9.91 Å². The smallest absolute Gasteiger partial charge is 0.258 e. The first-order chi connectivity index (χ1) is 10.7. The van der Waals surface area contributed by atoms with Gasteiger partial charge in [-0.2, -0.15) is 5.26 Å². The van der Waals surface area contributed by atoms with Gasteiger partial charge in [0.1, 0.15) is 5.01 Å². The SMILES string of the molecule is N#Cc1ccc(C=Cc2nc3cc([N+](=O)[O-])ccc3s2)cc1. The average molecular weight is 307 g/mol. The number of nitrogens with zero attached hydrogens (tertiary/aromatic N) is 3. The van der Waals surface area contributed by atoms with Gasteiger partial charge in [0, 0.05) is 12.1 Å². The minimum Gasteiger partial charge on any atom is -0.258 e. The number of nitro groups is 1. The summed E-state index contributed by atoms with van der Waals surface area (Å²) in [7, 11) is 0. The van der Waals surface area contributed by atoms with Crippen molar-refractivity contribution < 1.29 is 4.92 Å². The lowest BCUT2D eigenvalue weighted by Gasteiger charge is -1.92. The Morgan fingerprint density at radius 2 is 1.95 bits per heavy atom. The van der Waals surface area contributed by atoms with Crippen molar-refractivity contribution in [2.24, 2.45) is 0 Å². The Labute approximate surface area is 129 Å². The molecule has 0 aliphatic heterocycles. The molecule has 22 heavy (non-hydrogen) atoms. The highest BCUT2D eigenvalue weighted by Crippen LogP contribution is 2.27. The van der Waals surface area contributed by atoms with E-state index in [2.05, 4.69) is 11.1 Å². The number of rotatable bonds is 3. The van der Waals surface area contributed by atoms with Gasteiger partial charge in [0.15, 0.2) is 0 Å². The Morgan fingerprint density at radius 1 is 1.18 bits per heavy atom. The number of thiazole rings is 1. The molecule has 0 atom stereocenters. The fraction of sp³-hybridized carbons (Fsp3) is 0. The van der Waals surface area contributed by atoms with Crippen molar-refractivity contribution in [1.29, 1.82) is 5.26 Å². The molecule has 5 nitrogen and oxygen atoms in total. The van der Waals surface area contributed by atoms with Crippen molar-refractivity contribution in [3.05, 3.63) is 68.7 Å². The van der Waals surface area contributed by atoms with Crippen LogP contribution in [0.25, 0.3) is 22.4 Å². The van der Waals surface area contributed by atoms with Crippen molar-refractivity contribution in [3.8, 4) is 6.07 Å². The van der Waals surface area contributed by atoms with Crippen molar-refractivity contribution in [1.82, 2.24) is 4.98 Å². The van der Waals surface area contributed by atoms with E-state index in [4.69, 9.17) is 5.26 Å². The van der Waals surface area contributed by atoms with E-state index in [1.165, 1.54) is 23.5 Å². The third kappa shape index (κ3) is 2.85. The largest absolute Gasteiger partial charge is 0.271 e. The molecular weight excluding hydrogens is 298 g/mol. The molecule has 3 aromatic rings. The average Bonchev–Trinajstić information content (AvgIpc) is 2.95. The second-order valence-corrected chi connectivity index (χ2v) is 5.59. The summed E-state index contributed by atoms with van der Waals surface area (Å²) in [4.78, 5) is 14.7. The Bertz CT molecular complexity index is 921. The van der Waals surface area contributed by atoms with Gasteiger partial charge in [-0.25, -0.2) is 4.98 Å². The van der Waals surface area contributed by atoms with Gasteiger partial charge in [0.05, 0.1) is 26.8 Å². The third-order valence-corrected chi connectivity index (χ3v) is 4.06. The molecule has 1 aromatic heterocycles. The molecule has 0 unspecified atom stereocenters. The van der Waals surface area contributed by atoms with Crippen LogP contribution in [0.5, 0.6) is 0 Å². The van der Waals surface area contributed by atoms with E-state index in [0.29, 0.717) is 11.1 Å². The van der Waals surface area contributed by atoms with Crippen molar-refractivity contribution >= 4 is 39.4 Å². The van der Waals surface area contributed by atoms with Crippen molar-refractivity contribution in [3.63, 3.8) is 0 Å². The normalized spacial score (nSPS) is 10.9. The molecule has 0 aliphatic carbocycles. The van der Waals surface area contributed by atoms with Crippen LogP contribution in [0.15, 0.2) is 42.5 Å². The summed E-state index contributed by atoms with van der Waals surface area (Å²) >= 11 is 1.47. The summed E-state index contributed by atoms with van der Waals surface area (Å²) in [6.07, 6.45) is 3.76. The first-order valence-corrected chi connectivity index (χ1v) is 7.20. The predicted molar refractivity (Wildman–Crippen MR) is 86.4 cm³/mol. The molecule has 0 spiro atoms. The second kappa shape index (κ2) is 5.76. The minimum absolute atomic E-state index is 0.0421. The zero-order valence-corrected chi connectivity index (χ0v) is 12.1. The van der Waals surface area contributed by atoms with Crippen molar-refractivity contribution in [2.45, 2.75) is 0 Å². The van der Waals surface area contributed by atoms with Gasteiger partial charge in [0.2, 0.25) is 0 Å². The van der Waals surface area contributed by atoms with E-state index in [-0.39, 0.29) is 5.69 Å². The summed E-state index contributed by atoms with van der Waals surface area (Å²) in [5.74, 6) is 0. The monoisotopic (exact) mass is 307 g/mol. The highest BCUT2D eigenvalue weighted by atomic mass is 32.1. The highest BCUT2D eigenvalue weighted by molar-refractivity contribution is 7.19. The summed E-state index contributed by atoms with van der Waals surface area (Å²) < 4.78 is 0.907. The third-order valence-electron chi connectivity index (χ3n) is 3.06. The predicted octanol–water partition coefficient (Wildman–Crippen LogP) is 4.25. The number of hydrogen-bond acceptors (Lipinski definition) is 5. The molecule has 6 heteroatoms. The standard InChI is InChI=1S/C16H9N3O2S/c17-10-12-3-1-11(2-4-12)5-8-16-18-14-9-13(19(20)21)6-7-15(14)22-16/h1-9H. The summed E-state index contributed by atoms with van der Waals surface area (Å²) in [5, 5.41) is 20.3. The van der Waals surface area contributed by atoms with Crippen molar-refractivity contribution in [2.75, 3.05) is 0 Å². The maximum atomic E-state index is 10.8. The number of aromatic nitrogens is 1. The number of nitro benzene ring substituents is 1. The van der Waals surface area contributed by atoms with Gasteiger partial charge in [0.25, 0.3) is 5.69 Å². The number of benzene rings is 2.